The maximum Gasteiger partial charge on any atom is 0.200 e. The van der Waals surface area contributed by atoms with Gasteiger partial charge in [-0.05, 0) is 35.8 Å². The molecule has 0 atom stereocenters. The van der Waals surface area contributed by atoms with Gasteiger partial charge in [0.2, 0.25) is 0 Å². The molecule has 0 radical (unpaired) electrons. The van der Waals surface area contributed by atoms with Gasteiger partial charge in [-0.3, -0.25) is 9.67 Å². The molecular weight excluding hydrogens is 349 g/mol. The molecule has 0 fully saturated rings. The first-order valence-corrected chi connectivity index (χ1v) is 8.70. The zero-order valence-electron chi connectivity index (χ0n) is 14.4. The van der Waals surface area contributed by atoms with E-state index in [0.29, 0.717) is 16.2 Å². The van der Waals surface area contributed by atoms with Gasteiger partial charge in [-0.25, -0.2) is 4.39 Å². The van der Waals surface area contributed by atoms with E-state index < -0.39 is 5.82 Å². The number of phenols is 1. The molecule has 2 N–H and O–H groups in total. The highest BCUT2D eigenvalue weighted by atomic mass is 32.1. The zero-order chi connectivity index (χ0) is 18.7. The van der Waals surface area contributed by atoms with Crippen molar-refractivity contribution < 1.29 is 9.50 Å². The molecule has 4 rings (SSSR count). The van der Waals surface area contributed by atoms with Crippen LogP contribution in [0, 0.1) is 10.6 Å². The number of aromatic nitrogens is 3. The Kier molecular flexibility index (Phi) is 5.14. The molecule has 0 amide bonds. The van der Waals surface area contributed by atoms with Crippen LogP contribution in [0.15, 0.2) is 60.7 Å². The number of hydrogen-bond donors (Lipinski definition) is 2. The van der Waals surface area contributed by atoms with E-state index in [9.17, 15) is 9.50 Å². The van der Waals surface area contributed by atoms with Crippen molar-refractivity contribution in [1.29, 1.82) is 0 Å². The molecule has 0 saturated heterocycles. The number of aromatic hydroxyl groups is 1. The number of fused-ring (bicyclic) bond motifs is 1. The molecular formula is C20H18FN3OS. The van der Waals surface area contributed by atoms with Crippen molar-refractivity contribution in [2.75, 3.05) is 0 Å². The fourth-order valence-electron chi connectivity index (χ4n) is 2.80. The SMILES string of the molecule is CC.Oc1cc(F)ccc1-c1n[nH]c(=S)n1-c1cccc2ccccc12. The molecule has 0 aliphatic rings. The summed E-state index contributed by atoms with van der Waals surface area (Å²) < 4.78 is 15.4. The summed E-state index contributed by atoms with van der Waals surface area (Å²) in [6.45, 7) is 4.00. The predicted molar refractivity (Wildman–Crippen MR) is 105 cm³/mol. The van der Waals surface area contributed by atoms with Gasteiger partial charge >= 0.3 is 0 Å². The van der Waals surface area contributed by atoms with E-state index in [4.69, 9.17) is 12.2 Å². The van der Waals surface area contributed by atoms with Crippen molar-refractivity contribution >= 4 is 23.0 Å². The Hall–Kier alpha value is -2.99. The first-order chi connectivity index (χ1) is 12.6. The van der Waals surface area contributed by atoms with E-state index in [-0.39, 0.29) is 5.75 Å². The van der Waals surface area contributed by atoms with Crippen molar-refractivity contribution in [3.63, 3.8) is 0 Å². The maximum atomic E-state index is 13.3. The van der Waals surface area contributed by atoms with Crippen molar-refractivity contribution in [3.05, 3.63) is 71.3 Å². The molecule has 3 aromatic carbocycles. The van der Waals surface area contributed by atoms with Crippen molar-refractivity contribution in [3.8, 4) is 22.8 Å². The second-order valence-corrected chi connectivity index (χ2v) is 5.73. The van der Waals surface area contributed by atoms with E-state index in [1.165, 1.54) is 12.1 Å². The molecule has 0 aliphatic heterocycles. The molecule has 1 heterocycles. The highest BCUT2D eigenvalue weighted by Crippen LogP contribution is 2.32. The van der Waals surface area contributed by atoms with Crippen molar-refractivity contribution in [1.82, 2.24) is 14.8 Å². The van der Waals surface area contributed by atoms with E-state index in [1.54, 1.807) is 4.57 Å². The quantitative estimate of drug-likeness (QED) is 0.452. The fraction of sp³-hybridized carbons (Fsp3) is 0.100. The molecule has 4 nitrogen and oxygen atoms in total. The zero-order valence-corrected chi connectivity index (χ0v) is 15.2. The van der Waals surface area contributed by atoms with Crippen LogP contribution in [0.1, 0.15) is 13.8 Å². The average Bonchev–Trinajstić information content (AvgIpc) is 3.04. The number of nitrogens with zero attached hydrogens (tertiary/aromatic N) is 2. The van der Waals surface area contributed by atoms with Crippen molar-refractivity contribution in [2.24, 2.45) is 0 Å². The smallest absolute Gasteiger partial charge is 0.200 e. The van der Waals surface area contributed by atoms with Gasteiger partial charge < -0.3 is 5.11 Å². The number of rotatable bonds is 2. The second-order valence-electron chi connectivity index (χ2n) is 5.35. The van der Waals surface area contributed by atoms with E-state index >= 15 is 0 Å². The molecule has 132 valence electrons. The third-order valence-electron chi connectivity index (χ3n) is 3.88. The van der Waals surface area contributed by atoms with Gasteiger partial charge in [0.05, 0.1) is 11.3 Å². The van der Waals surface area contributed by atoms with E-state index in [2.05, 4.69) is 10.2 Å². The standard InChI is InChI=1S/C18H12FN3OS.C2H6/c19-12-8-9-14(16(23)10-12)17-20-21-18(24)22(17)15-7-3-5-11-4-1-2-6-13(11)15;1-2/h1-10,23H,(H,21,24);1-2H3. The van der Waals surface area contributed by atoms with Gasteiger partial charge in [0, 0.05) is 11.5 Å². The average molecular weight is 367 g/mol. The van der Waals surface area contributed by atoms with E-state index in [0.717, 1.165) is 22.5 Å². The lowest BCUT2D eigenvalue weighted by Gasteiger charge is -2.11. The number of phenolic OH excluding ortho intramolecular Hbond substituents is 1. The molecule has 26 heavy (non-hydrogen) atoms. The fourth-order valence-corrected chi connectivity index (χ4v) is 3.03. The summed E-state index contributed by atoms with van der Waals surface area (Å²) in [5, 5.41) is 19.1. The van der Waals surface area contributed by atoms with E-state index in [1.807, 2.05) is 56.3 Å². The van der Waals surface area contributed by atoms with Crippen LogP contribution in [0.2, 0.25) is 0 Å². The number of H-pyrrole nitrogens is 1. The number of halogens is 1. The summed E-state index contributed by atoms with van der Waals surface area (Å²) in [5.74, 6) is -0.276. The molecule has 6 heteroatoms. The summed E-state index contributed by atoms with van der Waals surface area (Å²) in [7, 11) is 0. The first-order valence-electron chi connectivity index (χ1n) is 8.29. The van der Waals surface area contributed by atoms with Crippen molar-refractivity contribution in [2.45, 2.75) is 13.8 Å². The largest absolute Gasteiger partial charge is 0.507 e. The summed E-state index contributed by atoms with van der Waals surface area (Å²) in [4.78, 5) is 0. The Morgan fingerprint density at radius 1 is 1.04 bits per heavy atom. The normalized spacial score (nSPS) is 10.4. The summed E-state index contributed by atoms with van der Waals surface area (Å²) in [6, 6.07) is 17.6. The Labute approximate surface area is 155 Å². The third kappa shape index (κ3) is 3.11. The molecule has 0 unspecified atom stereocenters. The number of nitrogens with one attached hydrogen (secondary N) is 1. The minimum Gasteiger partial charge on any atom is -0.507 e. The van der Waals surface area contributed by atoms with Gasteiger partial charge in [-0.15, -0.1) is 0 Å². The Balaban J connectivity index is 0.000000948. The highest BCUT2D eigenvalue weighted by Gasteiger charge is 2.16. The molecule has 1 aromatic heterocycles. The summed E-state index contributed by atoms with van der Waals surface area (Å²) in [6.07, 6.45) is 0. The third-order valence-corrected chi connectivity index (χ3v) is 4.15. The van der Waals surface area contributed by atoms with Gasteiger partial charge in [-0.2, -0.15) is 5.10 Å². The number of hydrogen-bond acceptors (Lipinski definition) is 3. The van der Waals surface area contributed by atoms with Crippen LogP contribution >= 0.6 is 12.2 Å². The van der Waals surface area contributed by atoms with Crippen LogP contribution in [0.5, 0.6) is 5.75 Å². The van der Waals surface area contributed by atoms with Gasteiger partial charge in [0.1, 0.15) is 11.6 Å². The molecule has 0 spiro atoms. The molecule has 0 saturated carbocycles. The van der Waals surface area contributed by atoms with Crippen LogP contribution in [0.3, 0.4) is 0 Å². The maximum absolute atomic E-state index is 13.3. The van der Waals surface area contributed by atoms with Crippen LogP contribution in [0.25, 0.3) is 27.8 Å². The summed E-state index contributed by atoms with van der Waals surface area (Å²) in [5.41, 5.74) is 1.24. The highest BCUT2D eigenvalue weighted by molar-refractivity contribution is 7.71. The topological polar surface area (TPSA) is 53.8 Å². The number of benzene rings is 3. The van der Waals surface area contributed by atoms with Gasteiger partial charge in [0.25, 0.3) is 0 Å². The lowest BCUT2D eigenvalue weighted by molar-refractivity contribution is 0.470. The minimum atomic E-state index is -0.512. The van der Waals surface area contributed by atoms with Crippen LogP contribution in [-0.4, -0.2) is 19.9 Å². The lowest BCUT2D eigenvalue weighted by atomic mass is 10.1. The minimum absolute atomic E-state index is 0.189. The first kappa shape index (κ1) is 17.8. The van der Waals surface area contributed by atoms with Gasteiger partial charge in [0.15, 0.2) is 10.6 Å². The Morgan fingerprint density at radius 3 is 2.54 bits per heavy atom. The molecule has 0 aliphatic carbocycles. The van der Waals surface area contributed by atoms with Crippen LogP contribution in [0.4, 0.5) is 4.39 Å². The predicted octanol–water partition coefficient (Wildman–Crippen LogP) is 5.62. The summed E-state index contributed by atoms with van der Waals surface area (Å²) >= 11 is 5.38. The van der Waals surface area contributed by atoms with Gasteiger partial charge in [-0.1, -0.05) is 50.2 Å². The molecule has 0 bridgehead atoms. The Morgan fingerprint density at radius 2 is 1.77 bits per heavy atom. The number of aromatic amines is 1. The molecule has 4 aromatic rings. The Bertz CT molecular complexity index is 1110. The van der Waals surface area contributed by atoms with Crippen LogP contribution in [-0.2, 0) is 0 Å². The monoisotopic (exact) mass is 367 g/mol. The second kappa shape index (κ2) is 7.49. The van der Waals surface area contributed by atoms with Crippen LogP contribution < -0.4 is 0 Å². The lowest BCUT2D eigenvalue weighted by Crippen LogP contribution is -1.99.